The van der Waals surface area contributed by atoms with E-state index in [9.17, 15) is 0 Å². The molecule has 1 aliphatic carbocycles. The molecule has 7 nitrogen and oxygen atoms in total. The van der Waals surface area contributed by atoms with Gasteiger partial charge in [-0.25, -0.2) is 9.37 Å². The molecule has 3 aliphatic rings. The molecule has 0 atom stereocenters. The number of rotatable bonds is 4. The van der Waals surface area contributed by atoms with Crippen molar-refractivity contribution in [1.29, 1.82) is 0 Å². The molecule has 1 saturated carbocycles. The summed E-state index contributed by atoms with van der Waals surface area (Å²) < 4.78 is 26.6. The van der Waals surface area contributed by atoms with Gasteiger partial charge >= 0.3 is 0 Å². The standard InChI is InChI=1S/C27H34FN5O2/c1-16-21-14-19(18-4-3-5-18)15-22(28)24(21)31-25(23(16)26-30-17(2)32-35-26)33-10-8-27(29,9-11-33)20-6-12-34-13-7-20/h14-15,18,20H,3-13,29H2,1-2H3. The molecule has 0 radical (unpaired) electrons. The van der Waals surface area contributed by atoms with Crippen LogP contribution in [0.2, 0.25) is 0 Å². The summed E-state index contributed by atoms with van der Waals surface area (Å²) in [5.74, 6) is 2.38. The van der Waals surface area contributed by atoms with E-state index in [0.717, 1.165) is 86.9 Å². The van der Waals surface area contributed by atoms with Crippen LogP contribution >= 0.6 is 0 Å². The van der Waals surface area contributed by atoms with E-state index in [4.69, 9.17) is 20.0 Å². The summed E-state index contributed by atoms with van der Waals surface area (Å²) in [5.41, 5.74) is 9.95. The van der Waals surface area contributed by atoms with Crippen LogP contribution < -0.4 is 10.6 Å². The highest BCUT2D eigenvalue weighted by atomic mass is 19.1. The van der Waals surface area contributed by atoms with E-state index in [-0.39, 0.29) is 11.4 Å². The third kappa shape index (κ3) is 4.00. The van der Waals surface area contributed by atoms with Crippen LogP contribution in [0, 0.1) is 25.6 Å². The summed E-state index contributed by atoms with van der Waals surface area (Å²) in [7, 11) is 0. The molecule has 2 saturated heterocycles. The minimum Gasteiger partial charge on any atom is -0.381 e. The lowest BCUT2D eigenvalue weighted by Gasteiger charge is -2.46. The Morgan fingerprint density at radius 3 is 2.43 bits per heavy atom. The SMILES string of the molecule is Cc1noc(-c2c(N3CCC(N)(C4CCOCC4)CC3)nc3c(F)cc(C4CCC4)cc3c2C)n1. The monoisotopic (exact) mass is 479 g/mol. The number of hydrogen-bond donors (Lipinski definition) is 1. The van der Waals surface area contributed by atoms with Crippen molar-refractivity contribution >= 4 is 16.7 Å². The van der Waals surface area contributed by atoms with Gasteiger partial charge in [-0.05, 0) is 87.5 Å². The van der Waals surface area contributed by atoms with Crippen molar-refractivity contribution in [1.82, 2.24) is 15.1 Å². The molecular weight excluding hydrogens is 445 g/mol. The number of hydrogen-bond acceptors (Lipinski definition) is 7. The Kier molecular flexibility index (Phi) is 5.76. The molecule has 8 heteroatoms. The number of aryl methyl sites for hydroxylation is 2. The van der Waals surface area contributed by atoms with Gasteiger partial charge in [0, 0.05) is 37.2 Å². The zero-order valence-electron chi connectivity index (χ0n) is 20.6. The largest absolute Gasteiger partial charge is 0.381 e. The fourth-order valence-electron chi connectivity index (χ4n) is 6.16. The third-order valence-electron chi connectivity index (χ3n) is 8.65. The maximum atomic E-state index is 15.4. The van der Waals surface area contributed by atoms with Crippen LogP contribution in [0.3, 0.4) is 0 Å². The predicted molar refractivity (Wildman–Crippen MR) is 133 cm³/mol. The summed E-state index contributed by atoms with van der Waals surface area (Å²) in [5, 5.41) is 4.86. The number of aromatic nitrogens is 3. The number of halogens is 1. The molecule has 3 aromatic rings. The van der Waals surface area contributed by atoms with Crippen LogP contribution in [0.1, 0.15) is 67.8 Å². The fraction of sp³-hybridized carbons (Fsp3) is 0.593. The number of pyridine rings is 1. The number of nitrogens with two attached hydrogens (primary N) is 1. The van der Waals surface area contributed by atoms with Crippen molar-refractivity contribution in [2.75, 3.05) is 31.2 Å². The van der Waals surface area contributed by atoms with Gasteiger partial charge in [0.15, 0.2) is 5.82 Å². The van der Waals surface area contributed by atoms with Gasteiger partial charge in [0.1, 0.15) is 17.2 Å². The zero-order chi connectivity index (χ0) is 24.2. The van der Waals surface area contributed by atoms with Crippen LogP contribution in [0.4, 0.5) is 10.2 Å². The van der Waals surface area contributed by atoms with Crippen LogP contribution in [0.25, 0.3) is 22.4 Å². The highest BCUT2D eigenvalue weighted by Crippen LogP contribution is 2.43. The first-order valence-corrected chi connectivity index (χ1v) is 13.0. The van der Waals surface area contributed by atoms with Crippen LogP contribution in [0.15, 0.2) is 16.7 Å². The number of benzene rings is 1. The Morgan fingerprint density at radius 2 is 1.80 bits per heavy atom. The summed E-state index contributed by atoms with van der Waals surface area (Å²) in [4.78, 5) is 11.7. The Hall–Kier alpha value is -2.58. The van der Waals surface area contributed by atoms with E-state index in [1.165, 1.54) is 6.42 Å². The lowest BCUT2D eigenvalue weighted by molar-refractivity contribution is 0.0319. The maximum absolute atomic E-state index is 15.4. The normalized spacial score (nSPS) is 21.4. The number of anilines is 1. The number of fused-ring (bicyclic) bond motifs is 1. The second-order valence-electron chi connectivity index (χ2n) is 10.7. The summed E-state index contributed by atoms with van der Waals surface area (Å²) in [6, 6.07) is 3.80. The first-order chi connectivity index (χ1) is 16.9. The van der Waals surface area contributed by atoms with Gasteiger partial charge in [-0.15, -0.1) is 0 Å². The first kappa shape index (κ1) is 22.9. The second-order valence-corrected chi connectivity index (χ2v) is 10.7. The van der Waals surface area contributed by atoms with E-state index in [2.05, 4.69) is 21.1 Å². The quantitative estimate of drug-likeness (QED) is 0.561. The van der Waals surface area contributed by atoms with Crippen molar-refractivity contribution in [3.63, 3.8) is 0 Å². The number of piperidine rings is 1. The third-order valence-corrected chi connectivity index (χ3v) is 8.65. The minimum atomic E-state index is -0.255. The summed E-state index contributed by atoms with van der Waals surface area (Å²) in [6.07, 6.45) is 7.21. The van der Waals surface area contributed by atoms with Crippen LogP contribution in [-0.2, 0) is 4.74 Å². The van der Waals surface area contributed by atoms with E-state index < -0.39 is 0 Å². The molecule has 0 bridgehead atoms. The molecule has 186 valence electrons. The predicted octanol–water partition coefficient (Wildman–Crippen LogP) is 5.03. The van der Waals surface area contributed by atoms with Gasteiger partial charge in [0.2, 0.25) is 0 Å². The number of nitrogens with zero attached hydrogens (tertiary/aromatic N) is 4. The molecule has 2 aliphatic heterocycles. The van der Waals surface area contributed by atoms with E-state index >= 15 is 4.39 Å². The van der Waals surface area contributed by atoms with Crippen molar-refractivity contribution in [2.24, 2.45) is 11.7 Å². The highest BCUT2D eigenvalue weighted by molar-refractivity contribution is 5.93. The Morgan fingerprint density at radius 1 is 1.06 bits per heavy atom. The molecule has 35 heavy (non-hydrogen) atoms. The summed E-state index contributed by atoms with van der Waals surface area (Å²) >= 11 is 0. The van der Waals surface area contributed by atoms with Gasteiger partial charge < -0.3 is 19.9 Å². The van der Waals surface area contributed by atoms with Gasteiger partial charge in [0.05, 0.1) is 5.56 Å². The Labute approximate surface area is 205 Å². The second kappa shape index (κ2) is 8.82. The van der Waals surface area contributed by atoms with Crippen molar-refractivity contribution < 1.29 is 13.7 Å². The minimum absolute atomic E-state index is 0.198. The van der Waals surface area contributed by atoms with Gasteiger partial charge in [-0.2, -0.15) is 4.98 Å². The zero-order valence-corrected chi connectivity index (χ0v) is 20.6. The van der Waals surface area contributed by atoms with Crippen molar-refractivity contribution in [3.05, 3.63) is 34.9 Å². The molecule has 1 aromatic carbocycles. The van der Waals surface area contributed by atoms with Crippen LogP contribution in [0.5, 0.6) is 0 Å². The average molecular weight is 480 g/mol. The number of ether oxygens (including phenoxy) is 1. The molecule has 4 heterocycles. The van der Waals surface area contributed by atoms with Crippen LogP contribution in [-0.4, -0.2) is 47.0 Å². The smallest absolute Gasteiger partial charge is 0.261 e. The van der Waals surface area contributed by atoms with E-state index in [1.807, 2.05) is 13.8 Å². The Bertz CT molecular complexity index is 1240. The van der Waals surface area contributed by atoms with Gasteiger partial charge in [-0.1, -0.05) is 11.6 Å². The van der Waals surface area contributed by atoms with E-state index in [0.29, 0.717) is 34.9 Å². The fourth-order valence-corrected chi connectivity index (χ4v) is 6.16. The van der Waals surface area contributed by atoms with Gasteiger partial charge in [0.25, 0.3) is 5.89 Å². The molecule has 0 amide bonds. The van der Waals surface area contributed by atoms with Crippen molar-refractivity contribution in [3.8, 4) is 11.5 Å². The summed E-state index contributed by atoms with van der Waals surface area (Å²) in [6.45, 7) is 6.93. The lowest BCUT2D eigenvalue weighted by Crippen LogP contribution is -2.56. The topological polar surface area (TPSA) is 90.3 Å². The molecule has 3 fully saturated rings. The van der Waals surface area contributed by atoms with E-state index in [1.54, 1.807) is 6.07 Å². The molecule has 2 aromatic heterocycles. The molecule has 2 N–H and O–H groups in total. The lowest BCUT2D eigenvalue weighted by atomic mass is 9.73. The van der Waals surface area contributed by atoms with Gasteiger partial charge in [-0.3, -0.25) is 0 Å². The first-order valence-electron chi connectivity index (χ1n) is 13.0. The molecule has 0 unspecified atom stereocenters. The highest BCUT2D eigenvalue weighted by Gasteiger charge is 2.40. The molecule has 0 spiro atoms. The maximum Gasteiger partial charge on any atom is 0.261 e. The van der Waals surface area contributed by atoms with Crippen molar-refractivity contribution in [2.45, 2.75) is 70.3 Å². The molecular formula is C27H34FN5O2. The average Bonchev–Trinajstić information content (AvgIpc) is 3.25. The molecule has 6 rings (SSSR count). The Balaban J connectivity index is 1.41.